The van der Waals surface area contributed by atoms with Crippen LogP contribution in [0.5, 0.6) is 0 Å². The smallest absolute Gasteiger partial charge is 0.319 e. The Hall–Kier alpha value is -4.01. The van der Waals surface area contributed by atoms with Crippen LogP contribution in [0.15, 0.2) is 46.1 Å². The summed E-state index contributed by atoms with van der Waals surface area (Å²) in [7, 11) is 2.97. The lowest BCUT2D eigenvalue weighted by molar-refractivity contribution is 0.102. The molecule has 1 N–H and O–H groups in total. The molecule has 0 spiro atoms. The highest BCUT2D eigenvalue weighted by molar-refractivity contribution is 6.04. The van der Waals surface area contributed by atoms with Crippen molar-refractivity contribution in [1.29, 1.82) is 0 Å². The molecule has 3 aromatic heterocycles. The zero-order valence-corrected chi connectivity index (χ0v) is 18.0. The predicted molar refractivity (Wildman–Crippen MR) is 121 cm³/mol. The van der Waals surface area contributed by atoms with Crippen LogP contribution in [0.25, 0.3) is 16.7 Å². The molecule has 3 heterocycles. The van der Waals surface area contributed by atoms with Crippen LogP contribution in [0, 0.1) is 6.92 Å². The summed E-state index contributed by atoms with van der Waals surface area (Å²) in [5.74, 6) is -0.349. The number of amides is 1. The number of nitrogens with one attached hydrogen (secondary N) is 1. The summed E-state index contributed by atoms with van der Waals surface area (Å²) < 4.78 is 4.20. The second-order valence-corrected chi connectivity index (χ2v) is 8.08. The first-order valence-corrected chi connectivity index (χ1v) is 10.4. The van der Waals surface area contributed by atoms with E-state index in [4.69, 9.17) is 0 Å². The minimum atomic E-state index is -0.462. The predicted octanol–water partition coefficient (Wildman–Crippen LogP) is 1.87. The Morgan fingerprint density at radius 3 is 2.66 bits per heavy atom. The molecule has 32 heavy (non-hydrogen) atoms. The summed E-state index contributed by atoms with van der Waals surface area (Å²) in [6.45, 7) is 2.02. The normalized spacial score (nSPS) is 12.8. The molecule has 1 aliphatic carbocycles. The summed E-state index contributed by atoms with van der Waals surface area (Å²) in [6, 6.07) is 9.49. The molecule has 0 fully saturated rings. The van der Waals surface area contributed by atoms with Crippen molar-refractivity contribution < 1.29 is 4.79 Å². The Morgan fingerprint density at radius 1 is 1.09 bits per heavy atom. The lowest BCUT2D eigenvalue weighted by atomic mass is 10.1. The van der Waals surface area contributed by atoms with E-state index in [1.54, 1.807) is 13.1 Å². The zero-order valence-electron chi connectivity index (χ0n) is 18.0. The van der Waals surface area contributed by atoms with E-state index in [1.165, 1.54) is 17.8 Å². The van der Waals surface area contributed by atoms with Gasteiger partial charge in [-0.25, -0.2) is 14.5 Å². The molecule has 0 unspecified atom stereocenters. The van der Waals surface area contributed by atoms with Crippen LogP contribution in [-0.2, 0) is 26.9 Å². The second kappa shape index (κ2) is 7.30. The fraction of sp³-hybridized carbons (Fsp3) is 0.261. The number of fused-ring (bicyclic) bond motifs is 2. The first kappa shape index (κ1) is 19.9. The molecule has 9 heteroatoms. The van der Waals surface area contributed by atoms with Crippen molar-refractivity contribution in [2.24, 2.45) is 14.1 Å². The van der Waals surface area contributed by atoms with Crippen LogP contribution in [0.4, 0.5) is 5.69 Å². The molecule has 5 rings (SSSR count). The number of aromatic nitrogens is 5. The molecular weight excluding hydrogens is 408 g/mol. The van der Waals surface area contributed by atoms with Crippen molar-refractivity contribution in [3.05, 3.63) is 79.9 Å². The number of carbonyl (C=O) groups is 1. The fourth-order valence-corrected chi connectivity index (χ4v) is 4.34. The maximum absolute atomic E-state index is 13.2. The highest BCUT2D eigenvalue weighted by Crippen LogP contribution is 2.29. The first-order chi connectivity index (χ1) is 15.4. The summed E-state index contributed by atoms with van der Waals surface area (Å²) in [4.78, 5) is 42.0. The Morgan fingerprint density at radius 2 is 1.88 bits per heavy atom. The Bertz CT molecular complexity index is 1530. The second-order valence-electron chi connectivity index (χ2n) is 8.08. The molecular formula is C23H22N6O3. The van der Waals surface area contributed by atoms with Gasteiger partial charge in [-0.1, -0.05) is 18.2 Å². The van der Waals surface area contributed by atoms with E-state index in [2.05, 4.69) is 15.4 Å². The molecule has 0 saturated carbocycles. The largest absolute Gasteiger partial charge is 0.332 e. The number of hydrogen-bond donors (Lipinski definition) is 1. The average molecular weight is 430 g/mol. The van der Waals surface area contributed by atoms with Gasteiger partial charge in [0.05, 0.1) is 23.0 Å². The van der Waals surface area contributed by atoms with E-state index in [0.29, 0.717) is 11.4 Å². The number of pyridine rings is 1. The Kier molecular flexibility index (Phi) is 4.54. The number of para-hydroxylation sites is 1. The van der Waals surface area contributed by atoms with E-state index in [0.717, 1.165) is 46.3 Å². The van der Waals surface area contributed by atoms with Gasteiger partial charge in [0.1, 0.15) is 5.65 Å². The zero-order chi connectivity index (χ0) is 22.6. The number of rotatable bonds is 3. The molecule has 4 aromatic rings. The van der Waals surface area contributed by atoms with E-state index in [1.807, 2.05) is 35.9 Å². The number of nitrogens with zero attached hydrogens (tertiary/aromatic N) is 5. The van der Waals surface area contributed by atoms with Crippen LogP contribution in [0.3, 0.4) is 0 Å². The summed E-state index contributed by atoms with van der Waals surface area (Å²) in [5.41, 5.74) is 4.16. The van der Waals surface area contributed by atoms with Gasteiger partial charge in [-0.15, -0.1) is 0 Å². The molecule has 0 bridgehead atoms. The van der Waals surface area contributed by atoms with Crippen LogP contribution < -0.4 is 16.6 Å². The maximum Gasteiger partial charge on any atom is 0.332 e. The molecule has 1 aliphatic rings. The van der Waals surface area contributed by atoms with Gasteiger partial charge in [-0.2, -0.15) is 5.10 Å². The number of carbonyl (C=O) groups excluding carboxylic acids is 1. The van der Waals surface area contributed by atoms with Crippen LogP contribution in [0.1, 0.15) is 33.7 Å². The van der Waals surface area contributed by atoms with Gasteiger partial charge in [0.2, 0.25) is 0 Å². The molecule has 1 aromatic carbocycles. The minimum absolute atomic E-state index is 0.253. The molecule has 1 amide bonds. The Labute approximate surface area is 182 Å². The van der Waals surface area contributed by atoms with E-state index in [9.17, 15) is 14.4 Å². The van der Waals surface area contributed by atoms with Gasteiger partial charge in [0.15, 0.2) is 5.69 Å². The maximum atomic E-state index is 13.2. The molecule has 0 saturated heterocycles. The van der Waals surface area contributed by atoms with Crippen molar-refractivity contribution in [3.8, 4) is 5.69 Å². The molecule has 162 valence electrons. The summed E-state index contributed by atoms with van der Waals surface area (Å²) in [6.07, 6.45) is 4.08. The van der Waals surface area contributed by atoms with Crippen molar-refractivity contribution >= 4 is 22.6 Å². The van der Waals surface area contributed by atoms with Gasteiger partial charge in [0.25, 0.3) is 11.5 Å². The van der Waals surface area contributed by atoms with Crippen LogP contribution in [-0.4, -0.2) is 29.8 Å². The van der Waals surface area contributed by atoms with Gasteiger partial charge >= 0.3 is 5.69 Å². The quantitative estimate of drug-likeness (QED) is 0.534. The third-order valence-corrected chi connectivity index (χ3v) is 6.04. The highest BCUT2D eigenvalue weighted by atomic mass is 16.2. The third kappa shape index (κ3) is 2.96. The first-order valence-electron chi connectivity index (χ1n) is 10.4. The minimum Gasteiger partial charge on any atom is -0.319 e. The topological polar surface area (TPSA) is 104 Å². The number of anilines is 1. The lowest BCUT2D eigenvalue weighted by Crippen LogP contribution is -2.37. The number of benzene rings is 1. The van der Waals surface area contributed by atoms with E-state index < -0.39 is 11.2 Å². The van der Waals surface area contributed by atoms with E-state index in [-0.39, 0.29) is 16.9 Å². The van der Waals surface area contributed by atoms with Crippen molar-refractivity contribution in [2.75, 3.05) is 5.32 Å². The molecule has 0 atom stereocenters. The Balaban J connectivity index is 1.55. The van der Waals surface area contributed by atoms with Gasteiger partial charge in [-0.05, 0) is 43.9 Å². The van der Waals surface area contributed by atoms with Crippen molar-refractivity contribution in [1.82, 2.24) is 23.9 Å². The lowest BCUT2D eigenvalue weighted by Gasteiger charge is -2.09. The third-order valence-electron chi connectivity index (χ3n) is 6.04. The highest BCUT2D eigenvalue weighted by Gasteiger charge is 2.27. The SMILES string of the molecule is Cc1ccccc1-n1nc(C(=O)Nc2cnc3c(c2)c(=O)n(C)c(=O)n3C)c2c1CCC2. The molecule has 0 aliphatic heterocycles. The standard InChI is InChI=1S/C23H22N6O3/c1-13-7-4-5-9-17(13)29-18-10-6-8-15(18)19(26-29)21(30)25-14-11-16-20(24-12-14)27(2)23(32)28(3)22(16)31/h4-5,7,9,11-12H,6,8,10H2,1-3H3,(H,25,30). The fourth-order valence-electron chi connectivity index (χ4n) is 4.34. The van der Waals surface area contributed by atoms with E-state index >= 15 is 0 Å². The van der Waals surface area contributed by atoms with Gasteiger partial charge in [0, 0.05) is 25.4 Å². The molecule has 9 nitrogen and oxygen atoms in total. The summed E-state index contributed by atoms with van der Waals surface area (Å²) >= 11 is 0. The number of hydrogen-bond acceptors (Lipinski definition) is 5. The van der Waals surface area contributed by atoms with Crippen LogP contribution in [0.2, 0.25) is 0 Å². The summed E-state index contributed by atoms with van der Waals surface area (Å²) in [5, 5.41) is 7.73. The van der Waals surface area contributed by atoms with Crippen molar-refractivity contribution in [3.63, 3.8) is 0 Å². The van der Waals surface area contributed by atoms with Crippen molar-refractivity contribution in [2.45, 2.75) is 26.2 Å². The van der Waals surface area contributed by atoms with Crippen LogP contribution >= 0.6 is 0 Å². The van der Waals surface area contributed by atoms with Gasteiger partial charge < -0.3 is 5.32 Å². The number of aryl methyl sites for hydroxylation is 2. The monoisotopic (exact) mass is 430 g/mol. The van der Waals surface area contributed by atoms with Gasteiger partial charge in [-0.3, -0.25) is 18.7 Å². The average Bonchev–Trinajstić information content (AvgIpc) is 3.39. The molecule has 0 radical (unpaired) electrons.